The van der Waals surface area contributed by atoms with Crippen LogP contribution in [0, 0.1) is 0 Å². The van der Waals surface area contributed by atoms with Crippen molar-refractivity contribution < 1.29 is 24.5 Å². The molecule has 72 heavy (non-hydrogen) atoms. The van der Waals surface area contributed by atoms with Crippen LogP contribution in [0.15, 0.2) is 24.3 Å². The Morgan fingerprint density at radius 2 is 0.694 bits per heavy atom. The maximum atomic E-state index is 12.5. The number of ether oxygens (including phenoxy) is 1. The Kier molecular flexibility index (Phi) is 60.5. The number of rotatable bonds is 61. The maximum Gasteiger partial charge on any atom is 0.305 e. The molecule has 0 heterocycles. The minimum Gasteiger partial charge on any atom is -0.466 e. The fourth-order valence-electron chi connectivity index (χ4n) is 10.3. The second-order valence-corrected chi connectivity index (χ2v) is 22.5. The summed E-state index contributed by atoms with van der Waals surface area (Å²) in [6, 6.07) is -0.538. The molecule has 0 radical (unpaired) electrons. The van der Waals surface area contributed by atoms with Gasteiger partial charge in [0.2, 0.25) is 5.91 Å². The standard InChI is InChI=1S/C66H127NO5/c1-3-5-7-9-11-13-15-17-18-29-33-36-40-44-48-52-56-60-66(71)72-61-57-53-49-45-41-37-34-31-28-26-24-22-20-19-21-23-25-27-30-32-35-39-43-47-51-55-59-65(70)67-63(62-68)64(69)58-54-50-46-42-38-16-14-12-10-8-6-4-2/h11,13,17-18,63-64,68-69H,3-10,12,14-16,19-62H2,1-2H3,(H,67,70)/b13-11-,18-17-. The van der Waals surface area contributed by atoms with Crippen molar-refractivity contribution in [3.05, 3.63) is 24.3 Å². The van der Waals surface area contributed by atoms with E-state index in [2.05, 4.69) is 43.5 Å². The van der Waals surface area contributed by atoms with Crippen LogP contribution < -0.4 is 5.32 Å². The van der Waals surface area contributed by atoms with E-state index in [0.717, 1.165) is 51.4 Å². The van der Waals surface area contributed by atoms with Gasteiger partial charge >= 0.3 is 5.97 Å². The molecule has 426 valence electrons. The summed E-state index contributed by atoms with van der Waals surface area (Å²) in [6.45, 7) is 4.94. The smallest absolute Gasteiger partial charge is 0.305 e. The number of aliphatic hydroxyl groups excluding tert-OH is 2. The first-order valence-electron chi connectivity index (χ1n) is 32.6. The van der Waals surface area contributed by atoms with Crippen molar-refractivity contribution in [1.82, 2.24) is 5.32 Å². The first-order chi connectivity index (χ1) is 35.5. The van der Waals surface area contributed by atoms with E-state index in [0.29, 0.717) is 25.9 Å². The molecule has 0 saturated heterocycles. The van der Waals surface area contributed by atoms with Gasteiger partial charge in [0.15, 0.2) is 0 Å². The van der Waals surface area contributed by atoms with Crippen LogP contribution in [-0.2, 0) is 14.3 Å². The molecule has 0 aromatic heterocycles. The van der Waals surface area contributed by atoms with E-state index >= 15 is 0 Å². The van der Waals surface area contributed by atoms with Crippen LogP contribution in [0.1, 0.15) is 361 Å². The van der Waals surface area contributed by atoms with Gasteiger partial charge in [0.05, 0.1) is 25.4 Å². The second-order valence-electron chi connectivity index (χ2n) is 22.5. The van der Waals surface area contributed by atoms with Gasteiger partial charge in [0, 0.05) is 12.8 Å². The molecule has 0 fully saturated rings. The molecule has 2 atom stereocenters. The summed E-state index contributed by atoms with van der Waals surface area (Å²) in [5.41, 5.74) is 0. The highest BCUT2D eigenvalue weighted by atomic mass is 16.5. The Morgan fingerprint density at radius 3 is 1.08 bits per heavy atom. The minimum atomic E-state index is -0.661. The van der Waals surface area contributed by atoms with E-state index in [4.69, 9.17) is 4.74 Å². The van der Waals surface area contributed by atoms with Gasteiger partial charge < -0.3 is 20.3 Å². The van der Waals surface area contributed by atoms with Crippen LogP contribution in [0.2, 0.25) is 0 Å². The third-order valence-corrected chi connectivity index (χ3v) is 15.3. The number of nitrogens with one attached hydrogen (secondary N) is 1. The van der Waals surface area contributed by atoms with Crippen molar-refractivity contribution in [2.24, 2.45) is 0 Å². The van der Waals surface area contributed by atoms with E-state index in [1.54, 1.807) is 0 Å². The van der Waals surface area contributed by atoms with E-state index in [1.165, 1.54) is 276 Å². The lowest BCUT2D eigenvalue weighted by Crippen LogP contribution is -2.45. The molecule has 0 saturated carbocycles. The molecule has 1 amide bonds. The van der Waals surface area contributed by atoms with Crippen LogP contribution in [0.25, 0.3) is 0 Å². The summed E-state index contributed by atoms with van der Waals surface area (Å²) in [5.74, 6) is -0.0218. The monoisotopic (exact) mass is 1010 g/mol. The van der Waals surface area contributed by atoms with Gasteiger partial charge in [-0.25, -0.2) is 0 Å². The number of esters is 1. The topological polar surface area (TPSA) is 95.9 Å². The average Bonchev–Trinajstić information content (AvgIpc) is 3.38. The number of hydrogen-bond donors (Lipinski definition) is 3. The van der Waals surface area contributed by atoms with Crippen molar-refractivity contribution in [1.29, 1.82) is 0 Å². The van der Waals surface area contributed by atoms with Gasteiger partial charge in [-0.3, -0.25) is 9.59 Å². The van der Waals surface area contributed by atoms with Crippen LogP contribution in [0.4, 0.5) is 0 Å². The fourth-order valence-corrected chi connectivity index (χ4v) is 10.3. The van der Waals surface area contributed by atoms with Crippen LogP contribution >= 0.6 is 0 Å². The lowest BCUT2D eigenvalue weighted by Gasteiger charge is -2.22. The quantitative estimate of drug-likeness (QED) is 0.0320. The zero-order chi connectivity index (χ0) is 52.2. The first kappa shape index (κ1) is 70.3. The van der Waals surface area contributed by atoms with Crippen LogP contribution in [0.5, 0.6) is 0 Å². The lowest BCUT2D eigenvalue weighted by molar-refractivity contribution is -0.143. The van der Waals surface area contributed by atoms with Crippen molar-refractivity contribution in [3.8, 4) is 0 Å². The SMILES string of the molecule is CCCCC/C=C\C/C=C\CCCCCCCCCC(=O)OCCCCCCCCCCCCCCCCCCCCCCCCCCCCC(=O)NC(CO)C(O)CCCCCCCCCCCCCC. The molecule has 0 spiro atoms. The molecular formula is C66H127NO5. The average molecular weight is 1010 g/mol. The van der Waals surface area contributed by atoms with Gasteiger partial charge in [-0.1, -0.05) is 314 Å². The molecule has 0 aliphatic carbocycles. The van der Waals surface area contributed by atoms with E-state index in [-0.39, 0.29) is 18.5 Å². The Hall–Kier alpha value is -1.66. The fraction of sp³-hybridized carbons (Fsp3) is 0.909. The molecule has 6 nitrogen and oxygen atoms in total. The highest BCUT2D eigenvalue weighted by Gasteiger charge is 2.20. The number of carbonyl (C=O) groups excluding carboxylic acids is 2. The molecule has 2 unspecified atom stereocenters. The zero-order valence-corrected chi connectivity index (χ0v) is 48.7. The van der Waals surface area contributed by atoms with Crippen LogP contribution in [-0.4, -0.2) is 47.4 Å². The highest BCUT2D eigenvalue weighted by molar-refractivity contribution is 5.76. The molecule has 0 aliphatic rings. The third kappa shape index (κ3) is 57.6. The van der Waals surface area contributed by atoms with Gasteiger partial charge in [0.1, 0.15) is 0 Å². The Labute approximate surface area is 450 Å². The van der Waals surface area contributed by atoms with Crippen molar-refractivity contribution in [3.63, 3.8) is 0 Å². The van der Waals surface area contributed by atoms with E-state index < -0.39 is 12.1 Å². The normalized spacial score (nSPS) is 12.7. The van der Waals surface area contributed by atoms with E-state index in [9.17, 15) is 19.8 Å². The molecule has 0 bridgehead atoms. The third-order valence-electron chi connectivity index (χ3n) is 15.3. The summed E-state index contributed by atoms with van der Waals surface area (Å²) in [6.07, 6.45) is 76.3. The molecule has 0 aliphatic heterocycles. The summed E-state index contributed by atoms with van der Waals surface area (Å²) in [7, 11) is 0. The summed E-state index contributed by atoms with van der Waals surface area (Å²) in [4.78, 5) is 24.5. The van der Waals surface area contributed by atoms with E-state index in [1.807, 2.05) is 0 Å². The molecule has 6 heteroatoms. The molecule has 0 aromatic rings. The summed E-state index contributed by atoms with van der Waals surface area (Å²) >= 11 is 0. The van der Waals surface area contributed by atoms with Gasteiger partial charge in [-0.05, 0) is 57.8 Å². The largest absolute Gasteiger partial charge is 0.466 e. The van der Waals surface area contributed by atoms with Crippen molar-refractivity contribution in [2.75, 3.05) is 13.2 Å². The van der Waals surface area contributed by atoms with Crippen molar-refractivity contribution in [2.45, 2.75) is 373 Å². The molecular weight excluding hydrogens is 887 g/mol. The number of hydrogen-bond acceptors (Lipinski definition) is 5. The summed E-state index contributed by atoms with van der Waals surface area (Å²) < 4.78 is 5.50. The predicted octanol–water partition coefficient (Wildman–Crippen LogP) is 20.6. The van der Waals surface area contributed by atoms with Gasteiger partial charge in [0.25, 0.3) is 0 Å². The minimum absolute atomic E-state index is 0.00991. The Bertz CT molecular complexity index is 1120. The van der Waals surface area contributed by atoms with Crippen molar-refractivity contribution >= 4 is 11.9 Å². The van der Waals surface area contributed by atoms with Gasteiger partial charge in [-0.15, -0.1) is 0 Å². The highest BCUT2D eigenvalue weighted by Crippen LogP contribution is 2.18. The Balaban J connectivity index is 3.33. The first-order valence-corrected chi connectivity index (χ1v) is 32.6. The second kappa shape index (κ2) is 61.9. The zero-order valence-electron chi connectivity index (χ0n) is 48.7. The number of carbonyl (C=O) groups is 2. The number of amides is 1. The molecule has 3 N–H and O–H groups in total. The lowest BCUT2D eigenvalue weighted by atomic mass is 10.0. The number of allylic oxidation sites excluding steroid dienone is 4. The number of aliphatic hydroxyl groups is 2. The maximum absolute atomic E-state index is 12.5. The van der Waals surface area contributed by atoms with Gasteiger partial charge in [-0.2, -0.15) is 0 Å². The number of unbranched alkanes of at least 4 members (excludes halogenated alkanes) is 46. The predicted molar refractivity (Wildman–Crippen MR) is 315 cm³/mol. The molecule has 0 rings (SSSR count). The van der Waals surface area contributed by atoms with Crippen LogP contribution in [0.3, 0.4) is 0 Å². The Morgan fingerprint density at radius 1 is 0.389 bits per heavy atom. The summed E-state index contributed by atoms with van der Waals surface area (Å²) in [5, 5.41) is 23.2. The molecule has 0 aromatic carbocycles.